The van der Waals surface area contributed by atoms with E-state index >= 15 is 0 Å². The van der Waals surface area contributed by atoms with E-state index in [2.05, 4.69) is 36.5 Å². The molecule has 1 aliphatic heterocycles. The predicted octanol–water partition coefficient (Wildman–Crippen LogP) is 2.14. The van der Waals surface area contributed by atoms with Crippen molar-refractivity contribution in [1.29, 1.82) is 0 Å². The first-order chi connectivity index (χ1) is 8.79. The summed E-state index contributed by atoms with van der Waals surface area (Å²) in [5.74, 6) is 0. The Balaban J connectivity index is 1.88. The Morgan fingerprint density at radius 3 is 2.72 bits per heavy atom. The van der Waals surface area contributed by atoms with Gasteiger partial charge in [0.2, 0.25) is 0 Å². The highest BCUT2D eigenvalue weighted by atomic mass is 16.5. The summed E-state index contributed by atoms with van der Waals surface area (Å²) in [5.41, 5.74) is 2.67. The van der Waals surface area contributed by atoms with Crippen molar-refractivity contribution in [2.45, 2.75) is 31.9 Å². The maximum absolute atomic E-state index is 5.61. The average Bonchev–Trinajstić information content (AvgIpc) is 2.89. The van der Waals surface area contributed by atoms with Crippen LogP contribution in [0.4, 0.5) is 0 Å². The minimum Gasteiger partial charge on any atom is -0.378 e. The minimum absolute atomic E-state index is 0.124. The SMILES string of the molecule is CCc1ccccc1CNCC1(OC)CCOC1. The Labute approximate surface area is 109 Å². The summed E-state index contributed by atoms with van der Waals surface area (Å²) in [6, 6.07) is 8.59. The Morgan fingerprint density at radius 2 is 2.11 bits per heavy atom. The molecule has 1 unspecified atom stereocenters. The van der Waals surface area contributed by atoms with Gasteiger partial charge in [0.25, 0.3) is 0 Å². The second-order valence-corrected chi connectivity index (χ2v) is 4.92. The first-order valence-corrected chi connectivity index (χ1v) is 6.70. The Bertz CT molecular complexity index is 373. The average molecular weight is 249 g/mol. The molecule has 1 saturated heterocycles. The molecule has 0 saturated carbocycles. The van der Waals surface area contributed by atoms with E-state index in [-0.39, 0.29) is 5.60 Å². The summed E-state index contributed by atoms with van der Waals surface area (Å²) in [6.07, 6.45) is 2.06. The predicted molar refractivity (Wildman–Crippen MR) is 72.7 cm³/mol. The van der Waals surface area contributed by atoms with E-state index in [1.807, 2.05) is 0 Å². The Hall–Kier alpha value is -0.900. The van der Waals surface area contributed by atoms with Crippen LogP contribution >= 0.6 is 0 Å². The first kappa shape index (κ1) is 13.5. The van der Waals surface area contributed by atoms with Gasteiger partial charge in [-0.3, -0.25) is 0 Å². The van der Waals surface area contributed by atoms with E-state index in [9.17, 15) is 0 Å². The maximum atomic E-state index is 5.61. The molecular weight excluding hydrogens is 226 g/mol. The zero-order chi connectivity index (χ0) is 12.8. The lowest BCUT2D eigenvalue weighted by atomic mass is 10.0. The van der Waals surface area contributed by atoms with E-state index in [4.69, 9.17) is 9.47 Å². The molecule has 1 fully saturated rings. The van der Waals surface area contributed by atoms with Crippen LogP contribution in [0.1, 0.15) is 24.5 Å². The lowest BCUT2D eigenvalue weighted by Gasteiger charge is -2.26. The zero-order valence-corrected chi connectivity index (χ0v) is 11.4. The lowest BCUT2D eigenvalue weighted by molar-refractivity contribution is -0.0159. The summed E-state index contributed by atoms with van der Waals surface area (Å²) in [4.78, 5) is 0. The largest absolute Gasteiger partial charge is 0.378 e. The van der Waals surface area contributed by atoms with Crippen molar-refractivity contribution < 1.29 is 9.47 Å². The van der Waals surface area contributed by atoms with Gasteiger partial charge in [-0.15, -0.1) is 0 Å². The molecule has 0 amide bonds. The highest BCUT2D eigenvalue weighted by Crippen LogP contribution is 2.21. The first-order valence-electron chi connectivity index (χ1n) is 6.70. The van der Waals surface area contributed by atoms with Gasteiger partial charge in [0, 0.05) is 33.2 Å². The summed E-state index contributed by atoms with van der Waals surface area (Å²) in [6.45, 7) is 5.45. The summed E-state index contributed by atoms with van der Waals surface area (Å²) >= 11 is 0. The fraction of sp³-hybridized carbons (Fsp3) is 0.600. The Morgan fingerprint density at radius 1 is 1.33 bits per heavy atom. The van der Waals surface area contributed by atoms with Crippen molar-refractivity contribution in [2.75, 3.05) is 26.9 Å². The molecule has 0 bridgehead atoms. The molecule has 0 aliphatic carbocycles. The van der Waals surface area contributed by atoms with Crippen LogP contribution < -0.4 is 5.32 Å². The molecule has 1 heterocycles. The van der Waals surface area contributed by atoms with Gasteiger partial charge in [0.1, 0.15) is 5.60 Å². The number of aryl methyl sites for hydroxylation is 1. The highest BCUT2D eigenvalue weighted by Gasteiger charge is 2.34. The van der Waals surface area contributed by atoms with Gasteiger partial charge in [0.15, 0.2) is 0 Å². The van der Waals surface area contributed by atoms with Crippen LogP contribution in [0.5, 0.6) is 0 Å². The zero-order valence-electron chi connectivity index (χ0n) is 11.4. The smallest absolute Gasteiger partial charge is 0.106 e. The van der Waals surface area contributed by atoms with Gasteiger partial charge in [-0.1, -0.05) is 31.2 Å². The van der Waals surface area contributed by atoms with Crippen LogP contribution in [0.3, 0.4) is 0 Å². The fourth-order valence-corrected chi connectivity index (χ4v) is 2.46. The second kappa shape index (κ2) is 6.32. The number of ether oxygens (including phenoxy) is 2. The topological polar surface area (TPSA) is 30.5 Å². The van der Waals surface area contributed by atoms with Crippen molar-refractivity contribution in [3.05, 3.63) is 35.4 Å². The molecular formula is C15H23NO2. The van der Waals surface area contributed by atoms with E-state index in [0.717, 1.165) is 32.5 Å². The standard InChI is InChI=1S/C15H23NO2/c1-3-13-6-4-5-7-14(13)10-16-11-15(17-2)8-9-18-12-15/h4-7,16H,3,8-12H2,1-2H3. The molecule has 2 rings (SSSR count). The molecule has 18 heavy (non-hydrogen) atoms. The second-order valence-electron chi connectivity index (χ2n) is 4.92. The molecule has 1 atom stereocenters. The van der Waals surface area contributed by atoms with E-state index in [1.54, 1.807) is 7.11 Å². The summed E-state index contributed by atoms with van der Waals surface area (Å²) < 4.78 is 11.0. The number of nitrogens with one attached hydrogen (secondary N) is 1. The van der Waals surface area contributed by atoms with Gasteiger partial charge < -0.3 is 14.8 Å². The highest BCUT2D eigenvalue weighted by molar-refractivity contribution is 5.26. The van der Waals surface area contributed by atoms with Crippen molar-refractivity contribution in [2.24, 2.45) is 0 Å². The van der Waals surface area contributed by atoms with Crippen LogP contribution in [0, 0.1) is 0 Å². The fourth-order valence-electron chi connectivity index (χ4n) is 2.46. The Kier molecular flexibility index (Phi) is 4.75. The molecule has 1 aromatic carbocycles. The third kappa shape index (κ3) is 3.10. The van der Waals surface area contributed by atoms with Gasteiger partial charge in [0.05, 0.1) is 6.61 Å². The normalized spacial score (nSPS) is 23.4. The van der Waals surface area contributed by atoms with Gasteiger partial charge >= 0.3 is 0 Å². The van der Waals surface area contributed by atoms with Crippen LogP contribution in [0.15, 0.2) is 24.3 Å². The third-order valence-electron chi connectivity index (χ3n) is 3.76. The van der Waals surface area contributed by atoms with Crippen molar-refractivity contribution >= 4 is 0 Å². The van der Waals surface area contributed by atoms with Crippen LogP contribution in [-0.4, -0.2) is 32.5 Å². The van der Waals surface area contributed by atoms with E-state index < -0.39 is 0 Å². The van der Waals surface area contributed by atoms with Crippen molar-refractivity contribution in [3.8, 4) is 0 Å². The molecule has 1 aliphatic rings. The van der Waals surface area contributed by atoms with Crippen molar-refractivity contribution in [3.63, 3.8) is 0 Å². The third-order valence-corrected chi connectivity index (χ3v) is 3.76. The van der Waals surface area contributed by atoms with Gasteiger partial charge in [-0.2, -0.15) is 0 Å². The molecule has 0 aromatic heterocycles. The molecule has 3 nitrogen and oxygen atoms in total. The maximum Gasteiger partial charge on any atom is 0.106 e. The monoisotopic (exact) mass is 249 g/mol. The number of hydrogen-bond acceptors (Lipinski definition) is 3. The van der Waals surface area contributed by atoms with Gasteiger partial charge in [-0.25, -0.2) is 0 Å². The molecule has 1 aromatic rings. The minimum atomic E-state index is -0.124. The molecule has 100 valence electrons. The molecule has 1 N–H and O–H groups in total. The number of hydrogen-bond donors (Lipinski definition) is 1. The van der Waals surface area contributed by atoms with Crippen LogP contribution in [0.2, 0.25) is 0 Å². The lowest BCUT2D eigenvalue weighted by Crippen LogP contribution is -2.42. The quantitative estimate of drug-likeness (QED) is 0.838. The van der Waals surface area contributed by atoms with E-state index in [1.165, 1.54) is 11.1 Å². The molecule has 0 radical (unpaired) electrons. The number of benzene rings is 1. The summed E-state index contributed by atoms with van der Waals surface area (Å²) in [7, 11) is 1.77. The van der Waals surface area contributed by atoms with Crippen LogP contribution in [-0.2, 0) is 22.4 Å². The number of methoxy groups -OCH3 is 1. The van der Waals surface area contributed by atoms with Crippen LogP contribution in [0.25, 0.3) is 0 Å². The number of rotatable bonds is 6. The van der Waals surface area contributed by atoms with Crippen molar-refractivity contribution in [1.82, 2.24) is 5.32 Å². The van der Waals surface area contributed by atoms with Gasteiger partial charge in [-0.05, 0) is 17.5 Å². The molecule has 3 heteroatoms. The summed E-state index contributed by atoms with van der Waals surface area (Å²) in [5, 5.41) is 3.51. The molecule has 0 spiro atoms. The van der Waals surface area contributed by atoms with E-state index in [0.29, 0.717) is 6.61 Å².